The van der Waals surface area contributed by atoms with Crippen LogP contribution < -0.4 is 5.32 Å². The predicted molar refractivity (Wildman–Crippen MR) is 75.7 cm³/mol. The maximum Gasteiger partial charge on any atom is 0.317 e. The van der Waals surface area contributed by atoms with Crippen LogP contribution in [0.25, 0.3) is 0 Å². The Labute approximate surface area is 121 Å². The van der Waals surface area contributed by atoms with E-state index in [1.54, 1.807) is 4.90 Å². The minimum atomic E-state index is -0.831. The van der Waals surface area contributed by atoms with E-state index in [4.69, 9.17) is 5.11 Å². The zero-order chi connectivity index (χ0) is 14.7. The quantitative estimate of drug-likeness (QED) is 0.890. The summed E-state index contributed by atoms with van der Waals surface area (Å²) in [4.78, 5) is 29.0. The van der Waals surface area contributed by atoms with Crippen molar-refractivity contribution in [3.63, 3.8) is 0 Å². The van der Waals surface area contributed by atoms with Crippen LogP contribution >= 0.6 is 11.3 Å². The maximum atomic E-state index is 12.2. The molecule has 2 atom stereocenters. The van der Waals surface area contributed by atoms with Crippen LogP contribution in [-0.4, -0.2) is 40.1 Å². The monoisotopic (exact) mass is 297 g/mol. The molecule has 2 unspecified atom stereocenters. The lowest BCUT2D eigenvalue weighted by molar-refractivity contribution is -0.141. The van der Waals surface area contributed by atoms with E-state index in [0.29, 0.717) is 13.0 Å². The van der Waals surface area contributed by atoms with Crippen LogP contribution in [0.15, 0.2) is 5.38 Å². The molecule has 1 aliphatic heterocycles. The summed E-state index contributed by atoms with van der Waals surface area (Å²) in [6.45, 7) is 4.70. The van der Waals surface area contributed by atoms with Crippen LogP contribution in [0.2, 0.25) is 0 Å². The van der Waals surface area contributed by atoms with Gasteiger partial charge in [0.15, 0.2) is 0 Å². The molecular weight excluding hydrogens is 278 g/mol. The molecule has 1 aromatic rings. The van der Waals surface area contributed by atoms with Crippen molar-refractivity contribution in [3.8, 4) is 0 Å². The summed E-state index contributed by atoms with van der Waals surface area (Å²) >= 11 is 1.53. The van der Waals surface area contributed by atoms with Crippen LogP contribution in [0.1, 0.15) is 36.5 Å². The zero-order valence-electron chi connectivity index (χ0n) is 11.6. The number of hydrogen-bond acceptors (Lipinski definition) is 4. The van der Waals surface area contributed by atoms with Crippen molar-refractivity contribution < 1.29 is 14.7 Å². The van der Waals surface area contributed by atoms with Gasteiger partial charge in [-0.05, 0) is 19.8 Å². The molecule has 0 spiro atoms. The number of aryl methyl sites for hydroxylation is 1. The summed E-state index contributed by atoms with van der Waals surface area (Å²) in [5.74, 6) is -1.27. The van der Waals surface area contributed by atoms with Gasteiger partial charge >= 0.3 is 12.0 Å². The van der Waals surface area contributed by atoms with Crippen LogP contribution in [-0.2, 0) is 4.79 Å². The third-order valence-corrected chi connectivity index (χ3v) is 4.54. The minimum Gasteiger partial charge on any atom is -0.481 e. The molecule has 1 saturated heterocycles. The number of carboxylic acid groups (broad SMARTS) is 1. The highest BCUT2D eigenvalue weighted by Gasteiger charge is 2.31. The molecule has 0 saturated carbocycles. The third-order valence-electron chi connectivity index (χ3n) is 3.47. The lowest BCUT2D eigenvalue weighted by atomic mass is 10.1. The first kappa shape index (κ1) is 14.8. The molecule has 2 rings (SSSR count). The Morgan fingerprint density at radius 2 is 2.40 bits per heavy atom. The molecule has 1 aliphatic rings. The second-order valence-electron chi connectivity index (χ2n) is 5.01. The minimum absolute atomic E-state index is 0.106. The molecule has 110 valence electrons. The first-order chi connectivity index (χ1) is 9.51. The van der Waals surface area contributed by atoms with Crippen molar-refractivity contribution in [3.05, 3.63) is 16.1 Å². The second-order valence-corrected chi connectivity index (χ2v) is 5.90. The molecule has 20 heavy (non-hydrogen) atoms. The van der Waals surface area contributed by atoms with Gasteiger partial charge in [0.1, 0.15) is 5.01 Å². The number of amides is 2. The number of nitrogens with one attached hydrogen (secondary N) is 1. The van der Waals surface area contributed by atoms with Gasteiger partial charge < -0.3 is 15.3 Å². The Morgan fingerprint density at radius 1 is 1.65 bits per heavy atom. The standard InChI is InChI=1S/C13H19N3O3S/c1-3-10(11-14-8(2)7-20-11)15-13(19)16-5-4-9(6-16)12(17)18/h7,9-10H,3-6H2,1-2H3,(H,15,19)(H,17,18). The maximum absolute atomic E-state index is 12.2. The molecule has 0 aliphatic carbocycles. The molecule has 0 aromatic carbocycles. The lowest BCUT2D eigenvalue weighted by Crippen LogP contribution is -2.40. The van der Waals surface area contributed by atoms with Gasteiger partial charge in [0, 0.05) is 24.2 Å². The summed E-state index contributed by atoms with van der Waals surface area (Å²) < 4.78 is 0. The van der Waals surface area contributed by atoms with Gasteiger partial charge in [0.25, 0.3) is 0 Å². The molecule has 0 radical (unpaired) electrons. The molecule has 2 N–H and O–H groups in total. The van der Waals surface area contributed by atoms with E-state index in [-0.39, 0.29) is 18.6 Å². The van der Waals surface area contributed by atoms with E-state index in [0.717, 1.165) is 17.1 Å². The summed E-state index contributed by atoms with van der Waals surface area (Å²) in [5.41, 5.74) is 0.949. The van der Waals surface area contributed by atoms with Gasteiger partial charge in [0.2, 0.25) is 0 Å². The average Bonchev–Trinajstić information content (AvgIpc) is 3.04. The van der Waals surface area contributed by atoms with Crippen LogP contribution in [0.3, 0.4) is 0 Å². The zero-order valence-corrected chi connectivity index (χ0v) is 12.4. The van der Waals surface area contributed by atoms with E-state index in [1.165, 1.54) is 11.3 Å². The van der Waals surface area contributed by atoms with Crippen molar-refractivity contribution in [1.29, 1.82) is 0 Å². The third kappa shape index (κ3) is 3.27. The van der Waals surface area contributed by atoms with Gasteiger partial charge in [-0.3, -0.25) is 4.79 Å². The number of likely N-dealkylation sites (tertiary alicyclic amines) is 1. The van der Waals surface area contributed by atoms with E-state index in [9.17, 15) is 9.59 Å². The van der Waals surface area contributed by atoms with Crippen LogP contribution in [0.4, 0.5) is 4.79 Å². The second kappa shape index (κ2) is 6.21. The molecule has 1 aromatic heterocycles. The first-order valence-corrected chi connectivity index (χ1v) is 7.59. The van der Waals surface area contributed by atoms with E-state index < -0.39 is 11.9 Å². The number of carbonyl (C=O) groups is 2. The number of rotatable bonds is 4. The fourth-order valence-corrected chi connectivity index (χ4v) is 3.19. The highest BCUT2D eigenvalue weighted by Crippen LogP contribution is 2.22. The fourth-order valence-electron chi connectivity index (χ4n) is 2.26. The highest BCUT2D eigenvalue weighted by atomic mass is 32.1. The van der Waals surface area contributed by atoms with E-state index in [1.807, 2.05) is 19.2 Å². The number of carboxylic acids is 1. The average molecular weight is 297 g/mol. The van der Waals surface area contributed by atoms with Gasteiger partial charge in [-0.25, -0.2) is 9.78 Å². The molecular formula is C13H19N3O3S. The van der Waals surface area contributed by atoms with E-state index >= 15 is 0 Å². The van der Waals surface area contributed by atoms with Crippen molar-refractivity contribution >= 4 is 23.3 Å². The van der Waals surface area contributed by atoms with Gasteiger partial charge in [0.05, 0.1) is 12.0 Å². The summed E-state index contributed by atoms with van der Waals surface area (Å²) in [6, 6.07) is -0.307. The number of aromatic nitrogens is 1. The van der Waals surface area contributed by atoms with Crippen molar-refractivity contribution in [2.24, 2.45) is 5.92 Å². The van der Waals surface area contributed by atoms with Crippen molar-refractivity contribution in [2.75, 3.05) is 13.1 Å². The Hall–Kier alpha value is -1.63. The Kier molecular flexibility index (Phi) is 4.59. The smallest absolute Gasteiger partial charge is 0.317 e. The number of carbonyl (C=O) groups excluding carboxylic acids is 1. The molecule has 0 bridgehead atoms. The normalized spacial score (nSPS) is 19.9. The largest absolute Gasteiger partial charge is 0.481 e. The Bertz CT molecular complexity index is 503. The van der Waals surface area contributed by atoms with Gasteiger partial charge in [-0.15, -0.1) is 11.3 Å². The Balaban J connectivity index is 1.95. The summed E-state index contributed by atoms with van der Waals surface area (Å²) in [7, 11) is 0. The van der Waals surface area contributed by atoms with Gasteiger partial charge in [-0.2, -0.15) is 0 Å². The molecule has 2 heterocycles. The number of nitrogens with zero attached hydrogens (tertiary/aromatic N) is 2. The number of aliphatic carboxylic acids is 1. The van der Waals surface area contributed by atoms with Crippen molar-refractivity contribution in [1.82, 2.24) is 15.2 Å². The molecule has 2 amide bonds. The fraction of sp³-hybridized carbons (Fsp3) is 0.615. The first-order valence-electron chi connectivity index (χ1n) is 6.71. The molecule has 1 fully saturated rings. The van der Waals surface area contributed by atoms with Crippen LogP contribution in [0, 0.1) is 12.8 Å². The number of hydrogen-bond donors (Lipinski definition) is 2. The topological polar surface area (TPSA) is 82.5 Å². The van der Waals surface area contributed by atoms with Gasteiger partial charge in [-0.1, -0.05) is 6.92 Å². The molecule has 7 heteroatoms. The predicted octanol–water partition coefficient (Wildman–Crippen LogP) is 2.02. The van der Waals surface area contributed by atoms with Crippen molar-refractivity contribution in [2.45, 2.75) is 32.7 Å². The number of urea groups is 1. The summed E-state index contributed by atoms with van der Waals surface area (Å²) in [5, 5.41) is 14.7. The SMILES string of the molecule is CCC(NC(=O)N1CCC(C(=O)O)C1)c1nc(C)cs1. The lowest BCUT2D eigenvalue weighted by Gasteiger charge is -2.21. The molecule has 6 nitrogen and oxygen atoms in total. The Morgan fingerprint density at radius 3 is 2.90 bits per heavy atom. The highest BCUT2D eigenvalue weighted by molar-refractivity contribution is 7.09. The number of thiazole rings is 1. The van der Waals surface area contributed by atoms with E-state index in [2.05, 4.69) is 10.3 Å². The van der Waals surface area contributed by atoms with Crippen LogP contribution in [0.5, 0.6) is 0 Å². The summed E-state index contributed by atoms with van der Waals surface area (Å²) in [6.07, 6.45) is 1.28.